The number of fused-ring (bicyclic) bond motifs is 1. The van der Waals surface area contributed by atoms with Crippen molar-refractivity contribution >= 4 is 23.2 Å². The van der Waals surface area contributed by atoms with E-state index in [0.29, 0.717) is 11.4 Å². The zero-order chi connectivity index (χ0) is 23.1. The van der Waals surface area contributed by atoms with Crippen molar-refractivity contribution < 1.29 is 27.8 Å². The Morgan fingerprint density at radius 3 is 2.53 bits per heavy atom. The number of nitrogens with zero attached hydrogens (tertiary/aromatic N) is 1. The molecule has 1 atom stereocenters. The standard InChI is InChI=1S/C23H27F2N3O4/c1-3-15(4-2)26-22(30)20-13-28(17-10-6-8-12-19(17)31-20)14-21(29)27-16-9-5-7-11-18(16)32-23(24)25/h5-12,15,20,23H,3-4,13-14H2,1-2H3,(H,26,30)(H,27,29). The Bertz CT molecular complexity index is 937. The fourth-order valence-electron chi connectivity index (χ4n) is 3.51. The topological polar surface area (TPSA) is 79.9 Å². The van der Waals surface area contributed by atoms with Crippen molar-refractivity contribution in [3.8, 4) is 11.5 Å². The highest BCUT2D eigenvalue weighted by Gasteiger charge is 2.32. The number of alkyl halides is 2. The van der Waals surface area contributed by atoms with Gasteiger partial charge in [-0.2, -0.15) is 8.78 Å². The Hall–Kier alpha value is -3.36. The van der Waals surface area contributed by atoms with Gasteiger partial charge in [0.1, 0.15) is 11.5 Å². The molecule has 2 N–H and O–H groups in total. The second-order valence-electron chi connectivity index (χ2n) is 7.40. The molecule has 1 unspecified atom stereocenters. The smallest absolute Gasteiger partial charge is 0.387 e. The maximum absolute atomic E-state index is 12.8. The Morgan fingerprint density at radius 2 is 1.81 bits per heavy atom. The summed E-state index contributed by atoms with van der Waals surface area (Å²) in [4.78, 5) is 27.2. The first-order chi connectivity index (χ1) is 15.4. The van der Waals surface area contributed by atoms with E-state index in [9.17, 15) is 18.4 Å². The Kier molecular flexibility index (Phi) is 7.86. The van der Waals surface area contributed by atoms with Crippen LogP contribution in [0.5, 0.6) is 11.5 Å². The second kappa shape index (κ2) is 10.8. The van der Waals surface area contributed by atoms with E-state index in [2.05, 4.69) is 15.4 Å². The highest BCUT2D eigenvalue weighted by molar-refractivity contribution is 5.96. The molecule has 0 spiro atoms. The van der Waals surface area contributed by atoms with Crippen molar-refractivity contribution in [3.05, 3.63) is 48.5 Å². The molecule has 2 amide bonds. The van der Waals surface area contributed by atoms with Gasteiger partial charge in [-0.1, -0.05) is 38.1 Å². The van der Waals surface area contributed by atoms with Crippen molar-refractivity contribution in [1.29, 1.82) is 0 Å². The van der Waals surface area contributed by atoms with Crippen LogP contribution in [0.1, 0.15) is 26.7 Å². The molecule has 2 aromatic rings. The highest BCUT2D eigenvalue weighted by Crippen LogP contribution is 2.33. The van der Waals surface area contributed by atoms with Crippen molar-refractivity contribution in [1.82, 2.24) is 5.32 Å². The number of halogens is 2. The number of anilines is 2. The number of amides is 2. The lowest BCUT2D eigenvalue weighted by atomic mass is 10.1. The first-order valence-corrected chi connectivity index (χ1v) is 10.6. The zero-order valence-electron chi connectivity index (χ0n) is 18.0. The third-order valence-electron chi connectivity index (χ3n) is 5.20. The van der Waals surface area contributed by atoms with Crippen LogP contribution in [0, 0.1) is 0 Å². The molecule has 0 saturated carbocycles. The van der Waals surface area contributed by atoms with Crippen molar-refractivity contribution in [2.24, 2.45) is 0 Å². The summed E-state index contributed by atoms with van der Waals surface area (Å²) >= 11 is 0. The minimum atomic E-state index is -3.01. The predicted molar refractivity (Wildman–Crippen MR) is 117 cm³/mol. The summed E-state index contributed by atoms with van der Waals surface area (Å²) < 4.78 is 35.6. The summed E-state index contributed by atoms with van der Waals surface area (Å²) in [7, 11) is 0. The molecule has 7 nitrogen and oxygen atoms in total. The van der Waals surface area contributed by atoms with Crippen molar-refractivity contribution in [3.63, 3.8) is 0 Å². The molecule has 172 valence electrons. The third-order valence-corrected chi connectivity index (χ3v) is 5.20. The summed E-state index contributed by atoms with van der Waals surface area (Å²) in [5.74, 6) is -0.307. The number of ether oxygens (including phenoxy) is 2. The number of nitrogens with one attached hydrogen (secondary N) is 2. The van der Waals surface area contributed by atoms with Gasteiger partial charge in [0, 0.05) is 6.04 Å². The molecule has 0 bridgehead atoms. The zero-order valence-corrected chi connectivity index (χ0v) is 18.0. The van der Waals surface area contributed by atoms with Crippen LogP contribution in [-0.2, 0) is 9.59 Å². The van der Waals surface area contributed by atoms with Gasteiger partial charge >= 0.3 is 6.61 Å². The van der Waals surface area contributed by atoms with Crippen LogP contribution in [-0.4, -0.2) is 43.7 Å². The van der Waals surface area contributed by atoms with Gasteiger partial charge in [-0.3, -0.25) is 9.59 Å². The molecule has 1 heterocycles. The van der Waals surface area contributed by atoms with E-state index in [0.717, 1.165) is 12.8 Å². The summed E-state index contributed by atoms with van der Waals surface area (Å²) in [6, 6.07) is 13.2. The molecule has 2 aromatic carbocycles. The molecule has 0 aromatic heterocycles. The molecule has 0 saturated heterocycles. The van der Waals surface area contributed by atoms with Crippen LogP contribution >= 0.6 is 0 Å². The Morgan fingerprint density at radius 1 is 1.12 bits per heavy atom. The first-order valence-electron chi connectivity index (χ1n) is 10.6. The van der Waals surface area contributed by atoms with Crippen LogP contribution in [0.3, 0.4) is 0 Å². The van der Waals surface area contributed by atoms with Crippen molar-refractivity contribution in [2.45, 2.75) is 45.4 Å². The maximum Gasteiger partial charge on any atom is 0.387 e. The summed E-state index contributed by atoms with van der Waals surface area (Å²) in [5.41, 5.74) is 0.814. The van der Waals surface area contributed by atoms with Crippen LogP contribution < -0.4 is 25.0 Å². The number of hydrogen-bond donors (Lipinski definition) is 2. The quantitative estimate of drug-likeness (QED) is 0.611. The Balaban J connectivity index is 1.73. The third kappa shape index (κ3) is 5.87. The van der Waals surface area contributed by atoms with E-state index in [1.807, 2.05) is 19.9 Å². The lowest BCUT2D eigenvalue weighted by Gasteiger charge is -2.35. The number of hydrogen-bond acceptors (Lipinski definition) is 5. The number of benzene rings is 2. The Labute approximate surface area is 185 Å². The average molecular weight is 447 g/mol. The van der Waals surface area contributed by atoms with Crippen molar-refractivity contribution in [2.75, 3.05) is 23.3 Å². The van der Waals surface area contributed by atoms with Gasteiger partial charge in [0.2, 0.25) is 5.91 Å². The van der Waals surface area contributed by atoms with E-state index < -0.39 is 18.6 Å². The molecule has 0 radical (unpaired) electrons. The van der Waals surface area contributed by atoms with Gasteiger partial charge in [0.15, 0.2) is 6.10 Å². The van der Waals surface area contributed by atoms with Gasteiger partial charge < -0.3 is 25.0 Å². The van der Waals surface area contributed by atoms with Crippen LogP contribution in [0.25, 0.3) is 0 Å². The van der Waals surface area contributed by atoms with Gasteiger partial charge in [0.05, 0.1) is 24.5 Å². The van der Waals surface area contributed by atoms with E-state index >= 15 is 0 Å². The monoisotopic (exact) mass is 447 g/mol. The molecule has 0 aliphatic carbocycles. The molecule has 3 rings (SSSR count). The van der Waals surface area contributed by atoms with E-state index in [-0.39, 0.29) is 36.5 Å². The molecular formula is C23H27F2N3O4. The number of carbonyl (C=O) groups is 2. The van der Waals surface area contributed by atoms with Crippen LogP contribution in [0.15, 0.2) is 48.5 Å². The highest BCUT2D eigenvalue weighted by atomic mass is 19.3. The van der Waals surface area contributed by atoms with Crippen LogP contribution in [0.4, 0.5) is 20.2 Å². The summed E-state index contributed by atoms with van der Waals surface area (Å²) in [5, 5.41) is 5.59. The molecule has 1 aliphatic heterocycles. The largest absolute Gasteiger partial charge is 0.477 e. The fourth-order valence-corrected chi connectivity index (χ4v) is 3.51. The number of rotatable bonds is 9. The average Bonchev–Trinajstić information content (AvgIpc) is 2.78. The molecule has 1 aliphatic rings. The summed E-state index contributed by atoms with van der Waals surface area (Å²) in [6.07, 6.45) is 0.822. The lowest BCUT2D eigenvalue weighted by Crippen LogP contribution is -2.52. The van der Waals surface area contributed by atoms with Gasteiger partial charge in [-0.15, -0.1) is 0 Å². The predicted octanol–water partition coefficient (Wildman–Crippen LogP) is 3.80. The van der Waals surface area contributed by atoms with Gasteiger partial charge in [-0.25, -0.2) is 0 Å². The minimum absolute atomic E-state index is 0.0476. The normalized spacial score (nSPS) is 15.2. The second-order valence-corrected chi connectivity index (χ2v) is 7.40. The number of carbonyl (C=O) groups excluding carboxylic acids is 2. The fraction of sp³-hybridized carbons (Fsp3) is 0.391. The van der Waals surface area contributed by atoms with E-state index in [1.54, 1.807) is 29.2 Å². The lowest BCUT2D eigenvalue weighted by molar-refractivity contribution is -0.129. The molecular weight excluding hydrogens is 420 g/mol. The molecule has 9 heteroatoms. The summed E-state index contributed by atoms with van der Waals surface area (Å²) in [6.45, 7) is 1.06. The van der Waals surface area contributed by atoms with Gasteiger partial charge in [-0.05, 0) is 37.1 Å². The maximum atomic E-state index is 12.8. The number of para-hydroxylation sites is 4. The van der Waals surface area contributed by atoms with Crippen LogP contribution in [0.2, 0.25) is 0 Å². The SMILES string of the molecule is CCC(CC)NC(=O)C1CN(CC(=O)Nc2ccccc2OC(F)F)c2ccccc2O1. The molecule has 0 fully saturated rings. The first kappa shape index (κ1) is 23.3. The van der Waals surface area contributed by atoms with E-state index in [4.69, 9.17) is 4.74 Å². The van der Waals surface area contributed by atoms with Gasteiger partial charge in [0.25, 0.3) is 5.91 Å². The van der Waals surface area contributed by atoms with E-state index in [1.165, 1.54) is 18.2 Å². The minimum Gasteiger partial charge on any atom is -0.477 e. The molecule has 32 heavy (non-hydrogen) atoms.